The van der Waals surface area contributed by atoms with E-state index in [-0.39, 0.29) is 11.7 Å². The standard InChI is InChI=1S/C16H17FN2O/c1-11-5-6-12(9-15(11)18)7-8-16(20)19-14-4-2-3-13(17)10-14/h2-6,9-10H,7-8,18H2,1H3,(H,19,20). The van der Waals surface area contributed by atoms with E-state index in [1.54, 1.807) is 12.1 Å². The van der Waals surface area contributed by atoms with Crippen molar-refractivity contribution >= 4 is 17.3 Å². The highest BCUT2D eigenvalue weighted by Gasteiger charge is 2.05. The zero-order valence-corrected chi connectivity index (χ0v) is 11.3. The number of benzene rings is 2. The van der Waals surface area contributed by atoms with E-state index in [9.17, 15) is 9.18 Å². The van der Waals surface area contributed by atoms with E-state index in [1.807, 2.05) is 25.1 Å². The van der Waals surface area contributed by atoms with Gasteiger partial charge in [0.2, 0.25) is 5.91 Å². The Morgan fingerprint density at radius 2 is 2.05 bits per heavy atom. The molecule has 0 saturated heterocycles. The van der Waals surface area contributed by atoms with E-state index < -0.39 is 0 Å². The molecule has 0 aliphatic heterocycles. The van der Waals surface area contributed by atoms with Crippen LogP contribution in [0, 0.1) is 12.7 Å². The van der Waals surface area contributed by atoms with Crippen molar-refractivity contribution in [3.05, 3.63) is 59.4 Å². The molecule has 0 bridgehead atoms. The molecule has 104 valence electrons. The Hall–Kier alpha value is -2.36. The molecule has 0 spiro atoms. The van der Waals surface area contributed by atoms with Gasteiger partial charge >= 0.3 is 0 Å². The van der Waals surface area contributed by atoms with Crippen molar-refractivity contribution in [3.63, 3.8) is 0 Å². The molecule has 0 aromatic heterocycles. The van der Waals surface area contributed by atoms with Crippen LogP contribution in [0.15, 0.2) is 42.5 Å². The third-order valence-electron chi connectivity index (χ3n) is 3.09. The van der Waals surface area contributed by atoms with Gasteiger partial charge in [0.15, 0.2) is 0 Å². The topological polar surface area (TPSA) is 55.1 Å². The van der Waals surface area contributed by atoms with Gasteiger partial charge in [0.25, 0.3) is 0 Å². The average Bonchev–Trinajstić information content (AvgIpc) is 2.40. The van der Waals surface area contributed by atoms with Gasteiger partial charge in [-0.3, -0.25) is 4.79 Å². The van der Waals surface area contributed by atoms with Crippen molar-refractivity contribution in [3.8, 4) is 0 Å². The molecule has 3 N–H and O–H groups in total. The van der Waals surface area contributed by atoms with Crippen molar-refractivity contribution in [2.24, 2.45) is 0 Å². The summed E-state index contributed by atoms with van der Waals surface area (Å²) in [6, 6.07) is 11.6. The molecule has 20 heavy (non-hydrogen) atoms. The molecule has 0 unspecified atom stereocenters. The van der Waals surface area contributed by atoms with Crippen LogP contribution in [0.3, 0.4) is 0 Å². The van der Waals surface area contributed by atoms with Gasteiger partial charge < -0.3 is 11.1 Å². The number of aryl methyl sites for hydroxylation is 2. The molecule has 2 aromatic rings. The van der Waals surface area contributed by atoms with Crippen LogP contribution in [0.4, 0.5) is 15.8 Å². The Bertz CT molecular complexity index is 626. The van der Waals surface area contributed by atoms with Crippen LogP contribution in [-0.2, 0) is 11.2 Å². The molecule has 0 saturated carbocycles. The smallest absolute Gasteiger partial charge is 0.224 e. The summed E-state index contributed by atoms with van der Waals surface area (Å²) in [6.07, 6.45) is 0.935. The molecule has 2 aromatic carbocycles. The van der Waals surface area contributed by atoms with Gasteiger partial charge in [-0.2, -0.15) is 0 Å². The molecule has 0 fully saturated rings. The minimum atomic E-state index is -0.367. The summed E-state index contributed by atoms with van der Waals surface area (Å²) in [7, 11) is 0. The van der Waals surface area contributed by atoms with Crippen LogP contribution < -0.4 is 11.1 Å². The molecule has 0 atom stereocenters. The van der Waals surface area contributed by atoms with Crippen LogP contribution in [0.25, 0.3) is 0 Å². The van der Waals surface area contributed by atoms with Gasteiger partial charge in [0, 0.05) is 17.8 Å². The van der Waals surface area contributed by atoms with Crippen molar-refractivity contribution < 1.29 is 9.18 Å². The lowest BCUT2D eigenvalue weighted by atomic mass is 10.1. The quantitative estimate of drug-likeness (QED) is 0.839. The third-order valence-corrected chi connectivity index (χ3v) is 3.09. The molecule has 0 heterocycles. The van der Waals surface area contributed by atoms with Crippen LogP contribution in [0.1, 0.15) is 17.5 Å². The molecule has 1 amide bonds. The van der Waals surface area contributed by atoms with Crippen molar-refractivity contribution in [2.45, 2.75) is 19.8 Å². The summed E-state index contributed by atoms with van der Waals surface area (Å²) in [4.78, 5) is 11.8. The second-order valence-corrected chi connectivity index (χ2v) is 4.75. The summed E-state index contributed by atoms with van der Waals surface area (Å²) in [5.41, 5.74) is 9.07. The first-order chi connectivity index (χ1) is 9.54. The first-order valence-electron chi connectivity index (χ1n) is 6.45. The van der Waals surface area contributed by atoms with E-state index in [0.717, 1.165) is 16.8 Å². The molecule has 0 radical (unpaired) electrons. The highest BCUT2D eigenvalue weighted by molar-refractivity contribution is 5.90. The zero-order chi connectivity index (χ0) is 14.5. The van der Waals surface area contributed by atoms with Gasteiger partial charge in [0.05, 0.1) is 0 Å². The van der Waals surface area contributed by atoms with E-state index in [0.29, 0.717) is 18.5 Å². The minimum absolute atomic E-state index is 0.144. The predicted molar refractivity (Wildman–Crippen MR) is 78.9 cm³/mol. The van der Waals surface area contributed by atoms with Crippen LogP contribution >= 0.6 is 0 Å². The lowest BCUT2D eigenvalue weighted by Crippen LogP contribution is -2.12. The Balaban J connectivity index is 1.90. The maximum absolute atomic E-state index is 13.0. The fourth-order valence-electron chi connectivity index (χ4n) is 1.89. The number of carbonyl (C=O) groups is 1. The normalized spacial score (nSPS) is 10.3. The van der Waals surface area contributed by atoms with Crippen LogP contribution in [0.5, 0.6) is 0 Å². The maximum atomic E-state index is 13.0. The van der Waals surface area contributed by atoms with Gasteiger partial charge in [-0.25, -0.2) is 4.39 Å². The number of nitrogens with two attached hydrogens (primary N) is 1. The first-order valence-corrected chi connectivity index (χ1v) is 6.45. The number of hydrogen-bond acceptors (Lipinski definition) is 2. The number of rotatable bonds is 4. The molecule has 0 aliphatic rings. The van der Waals surface area contributed by atoms with Crippen LogP contribution in [-0.4, -0.2) is 5.91 Å². The molecule has 2 rings (SSSR count). The second kappa shape index (κ2) is 6.19. The average molecular weight is 272 g/mol. The molecule has 4 heteroatoms. The summed E-state index contributed by atoms with van der Waals surface area (Å²) in [6.45, 7) is 1.94. The fourth-order valence-corrected chi connectivity index (χ4v) is 1.89. The minimum Gasteiger partial charge on any atom is -0.399 e. The lowest BCUT2D eigenvalue weighted by Gasteiger charge is -2.07. The monoisotopic (exact) mass is 272 g/mol. The molecule has 3 nitrogen and oxygen atoms in total. The Kier molecular flexibility index (Phi) is 4.35. The van der Waals surface area contributed by atoms with Crippen LogP contribution in [0.2, 0.25) is 0 Å². The predicted octanol–water partition coefficient (Wildman–Crippen LogP) is 3.29. The highest BCUT2D eigenvalue weighted by atomic mass is 19.1. The van der Waals surface area contributed by atoms with Crippen molar-refractivity contribution in [1.82, 2.24) is 0 Å². The summed E-state index contributed by atoms with van der Waals surface area (Å²) >= 11 is 0. The Labute approximate surface area is 117 Å². The summed E-state index contributed by atoms with van der Waals surface area (Å²) in [5.74, 6) is -0.510. The second-order valence-electron chi connectivity index (χ2n) is 4.75. The number of carbonyl (C=O) groups excluding carboxylic acids is 1. The summed E-state index contributed by atoms with van der Waals surface area (Å²) in [5, 5.41) is 2.67. The van der Waals surface area contributed by atoms with Gasteiger partial charge in [-0.1, -0.05) is 18.2 Å². The largest absolute Gasteiger partial charge is 0.399 e. The van der Waals surface area contributed by atoms with Gasteiger partial charge in [-0.15, -0.1) is 0 Å². The summed E-state index contributed by atoms with van der Waals surface area (Å²) < 4.78 is 13.0. The number of halogens is 1. The number of hydrogen-bond donors (Lipinski definition) is 2. The van der Waals surface area contributed by atoms with Gasteiger partial charge in [0.1, 0.15) is 5.82 Å². The SMILES string of the molecule is Cc1ccc(CCC(=O)Nc2cccc(F)c2)cc1N. The highest BCUT2D eigenvalue weighted by Crippen LogP contribution is 2.15. The zero-order valence-electron chi connectivity index (χ0n) is 11.3. The molecular formula is C16H17FN2O. The van der Waals surface area contributed by atoms with Crippen molar-refractivity contribution in [2.75, 3.05) is 11.1 Å². The van der Waals surface area contributed by atoms with Gasteiger partial charge in [-0.05, 0) is 48.7 Å². The lowest BCUT2D eigenvalue weighted by molar-refractivity contribution is -0.116. The van der Waals surface area contributed by atoms with Crippen molar-refractivity contribution in [1.29, 1.82) is 0 Å². The number of nitrogen functional groups attached to an aromatic ring is 1. The number of anilines is 2. The Morgan fingerprint density at radius 3 is 2.75 bits per heavy atom. The first kappa shape index (κ1) is 14.1. The third kappa shape index (κ3) is 3.82. The van der Waals surface area contributed by atoms with E-state index in [2.05, 4.69) is 5.32 Å². The number of nitrogens with one attached hydrogen (secondary N) is 1. The molecular weight excluding hydrogens is 255 g/mol. The number of amides is 1. The Morgan fingerprint density at radius 1 is 1.25 bits per heavy atom. The fraction of sp³-hybridized carbons (Fsp3) is 0.188. The maximum Gasteiger partial charge on any atom is 0.224 e. The van der Waals surface area contributed by atoms with E-state index in [1.165, 1.54) is 12.1 Å². The molecule has 0 aliphatic carbocycles. The van der Waals surface area contributed by atoms with E-state index >= 15 is 0 Å². The van der Waals surface area contributed by atoms with E-state index in [4.69, 9.17) is 5.73 Å².